The molecule has 0 bridgehead atoms. The Kier molecular flexibility index (Phi) is 11.0. The van der Waals surface area contributed by atoms with Crippen molar-refractivity contribution in [3.8, 4) is 11.8 Å². The zero-order chi connectivity index (χ0) is 34.6. The highest BCUT2D eigenvalue weighted by atomic mass is 35.5. The van der Waals surface area contributed by atoms with Crippen LogP contribution in [-0.2, 0) is 19.8 Å². The third-order valence-corrected chi connectivity index (χ3v) is 7.89. The first kappa shape index (κ1) is 36.2. The zero-order valence-corrected chi connectivity index (χ0v) is 25.4. The highest BCUT2D eigenvalue weighted by molar-refractivity contribution is 6.31. The molecule has 3 aromatic rings. The van der Waals surface area contributed by atoms with Gasteiger partial charge >= 0.3 is 24.1 Å². The molecule has 4 atom stereocenters. The van der Waals surface area contributed by atoms with Crippen LogP contribution in [-0.4, -0.2) is 46.4 Å². The number of hydrogen-bond acceptors (Lipinski definition) is 6. The Morgan fingerprint density at radius 2 is 1.61 bits per heavy atom. The van der Waals surface area contributed by atoms with Crippen molar-refractivity contribution in [3.63, 3.8) is 0 Å². The van der Waals surface area contributed by atoms with Crippen LogP contribution in [0.25, 0.3) is 0 Å². The van der Waals surface area contributed by atoms with Crippen LogP contribution in [0.4, 0.5) is 22.0 Å². The lowest BCUT2D eigenvalue weighted by Crippen LogP contribution is -2.47. The van der Waals surface area contributed by atoms with Crippen LogP contribution in [0.1, 0.15) is 37.3 Å². The first-order valence-electron chi connectivity index (χ1n) is 13.2. The van der Waals surface area contributed by atoms with Crippen molar-refractivity contribution in [2.45, 2.75) is 49.9 Å². The summed E-state index contributed by atoms with van der Waals surface area (Å²) in [5.41, 5.74) is -3.64. The molecule has 46 heavy (non-hydrogen) atoms. The van der Waals surface area contributed by atoms with Gasteiger partial charge in [0.1, 0.15) is 28.8 Å². The van der Waals surface area contributed by atoms with Crippen molar-refractivity contribution >= 4 is 41.1 Å². The average molecular weight is 687 g/mol. The molecule has 8 nitrogen and oxygen atoms in total. The number of carboxylic acids is 2. The van der Waals surface area contributed by atoms with E-state index in [-0.39, 0.29) is 27.6 Å². The van der Waals surface area contributed by atoms with Gasteiger partial charge in [-0.25, -0.2) is 13.6 Å². The fraction of sp³-hybridized carbons (Fsp3) is 0.290. The van der Waals surface area contributed by atoms with E-state index in [1.165, 1.54) is 30.3 Å². The number of nitrogens with zero attached hydrogens (tertiary/aromatic N) is 1. The number of carbonyl (C=O) groups is 3. The van der Waals surface area contributed by atoms with Gasteiger partial charge in [0.15, 0.2) is 0 Å². The SMILES string of the molecule is CC(C)(C[C@@H]1N[C@@H](C(=O)O)[C@H](c2cccc(Cl)c2F)[C@@]1(C#N)c1ccc(Cl)cc1F)C(=O)Oc1ccccc1.O=C(O)C(F)(F)F. The minimum atomic E-state index is -5.08. The second-order valence-electron chi connectivity index (χ2n) is 10.9. The van der Waals surface area contributed by atoms with E-state index in [2.05, 4.69) is 11.4 Å². The van der Waals surface area contributed by atoms with Crippen LogP contribution in [0.15, 0.2) is 66.7 Å². The number of benzene rings is 3. The molecular formula is C31H25Cl2F5N2O6. The molecule has 0 unspecified atom stereocenters. The maximum Gasteiger partial charge on any atom is 0.490 e. The lowest BCUT2D eigenvalue weighted by atomic mass is 9.62. The van der Waals surface area contributed by atoms with Crippen LogP contribution in [0.2, 0.25) is 10.0 Å². The number of aliphatic carboxylic acids is 2. The maximum atomic E-state index is 15.6. The van der Waals surface area contributed by atoms with E-state index in [1.54, 1.807) is 44.2 Å². The highest BCUT2D eigenvalue weighted by Gasteiger charge is 2.62. The maximum absolute atomic E-state index is 15.6. The third kappa shape index (κ3) is 7.58. The van der Waals surface area contributed by atoms with Gasteiger partial charge in [0.25, 0.3) is 0 Å². The smallest absolute Gasteiger partial charge is 0.480 e. The minimum absolute atomic E-state index is 0.0545. The minimum Gasteiger partial charge on any atom is -0.480 e. The van der Waals surface area contributed by atoms with E-state index in [4.69, 9.17) is 37.8 Å². The van der Waals surface area contributed by atoms with Gasteiger partial charge in [-0.05, 0) is 56.2 Å². The summed E-state index contributed by atoms with van der Waals surface area (Å²) in [4.78, 5) is 34.6. The fourth-order valence-corrected chi connectivity index (χ4v) is 5.60. The number of halogens is 7. The Labute approximate surface area is 269 Å². The molecule has 1 fully saturated rings. The number of nitriles is 1. The topological polar surface area (TPSA) is 137 Å². The lowest BCUT2D eigenvalue weighted by molar-refractivity contribution is -0.192. The predicted octanol–water partition coefficient (Wildman–Crippen LogP) is 6.90. The van der Waals surface area contributed by atoms with Crippen molar-refractivity contribution in [2.24, 2.45) is 5.41 Å². The number of esters is 1. The number of carbonyl (C=O) groups excluding carboxylic acids is 1. The predicted molar refractivity (Wildman–Crippen MR) is 155 cm³/mol. The molecular weight excluding hydrogens is 662 g/mol. The van der Waals surface area contributed by atoms with E-state index < -0.39 is 64.6 Å². The second-order valence-corrected chi connectivity index (χ2v) is 11.7. The summed E-state index contributed by atoms with van der Waals surface area (Å²) in [6.45, 7) is 3.15. The first-order valence-corrected chi connectivity index (χ1v) is 14.0. The molecule has 4 rings (SSSR count). The van der Waals surface area contributed by atoms with Crippen molar-refractivity contribution in [2.75, 3.05) is 0 Å². The largest absolute Gasteiger partial charge is 0.490 e. The molecule has 3 aromatic carbocycles. The quantitative estimate of drug-likeness (QED) is 0.139. The van der Waals surface area contributed by atoms with Crippen molar-refractivity contribution in [3.05, 3.63) is 99.5 Å². The van der Waals surface area contributed by atoms with E-state index in [0.717, 1.165) is 6.07 Å². The van der Waals surface area contributed by atoms with Crippen LogP contribution >= 0.6 is 23.2 Å². The Balaban J connectivity index is 0.000000738. The Morgan fingerprint density at radius 3 is 2.13 bits per heavy atom. The van der Waals surface area contributed by atoms with Gasteiger partial charge in [0.2, 0.25) is 0 Å². The monoisotopic (exact) mass is 686 g/mol. The van der Waals surface area contributed by atoms with Crippen LogP contribution in [0.3, 0.4) is 0 Å². The summed E-state index contributed by atoms with van der Waals surface area (Å²) >= 11 is 12.0. The normalized spacial score (nSPS) is 21.0. The molecule has 1 heterocycles. The summed E-state index contributed by atoms with van der Waals surface area (Å²) in [6.07, 6.45) is -5.24. The lowest BCUT2D eigenvalue weighted by Gasteiger charge is -2.37. The molecule has 1 aliphatic rings. The van der Waals surface area contributed by atoms with E-state index in [1.807, 2.05) is 0 Å². The van der Waals surface area contributed by atoms with Crippen LogP contribution in [0, 0.1) is 28.4 Å². The molecule has 3 N–H and O–H groups in total. The fourth-order valence-electron chi connectivity index (χ4n) is 5.26. The third-order valence-electron chi connectivity index (χ3n) is 7.36. The number of carboxylic acid groups (broad SMARTS) is 2. The van der Waals surface area contributed by atoms with Crippen LogP contribution < -0.4 is 10.1 Å². The van der Waals surface area contributed by atoms with E-state index in [0.29, 0.717) is 5.75 Å². The number of hydrogen-bond donors (Lipinski definition) is 3. The number of ether oxygens (including phenoxy) is 1. The van der Waals surface area contributed by atoms with Gasteiger partial charge in [-0.3, -0.25) is 14.9 Å². The number of rotatable bonds is 7. The summed E-state index contributed by atoms with van der Waals surface area (Å²) in [7, 11) is 0. The molecule has 0 radical (unpaired) electrons. The summed E-state index contributed by atoms with van der Waals surface area (Å²) in [6, 6.07) is 15.5. The molecule has 1 saturated heterocycles. The van der Waals surface area contributed by atoms with Gasteiger partial charge < -0.3 is 14.9 Å². The Hall–Kier alpha value is -4.25. The molecule has 244 valence electrons. The van der Waals surface area contributed by atoms with Gasteiger partial charge in [-0.2, -0.15) is 18.4 Å². The molecule has 0 spiro atoms. The zero-order valence-electron chi connectivity index (χ0n) is 23.9. The van der Waals surface area contributed by atoms with Gasteiger partial charge in [-0.15, -0.1) is 0 Å². The number of nitrogens with one attached hydrogen (secondary N) is 1. The van der Waals surface area contributed by atoms with Gasteiger partial charge in [0.05, 0.1) is 16.5 Å². The second kappa shape index (κ2) is 14.0. The number of alkyl halides is 3. The van der Waals surface area contributed by atoms with E-state index >= 15 is 8.78 Å². The Bertz CT molecular complexity index is 1670. The average Bonchev–Trinajstić information content (AvgIpc) is 3.28. The van der Waals surface area contributed by atoms with Gasteiger partial charge in [0, 0.05) is 22.5 Å². The molecule has 0 aromatic heterocycles. The van der Waals surface area contributed by atoms with Gasteiger partial charge in [-0.1, -0.05) is 59.6 Å². The molecule has 0 amide bonds. The first-order chi connectivity index (χ1) is 21.4. The summed E-state index contributed by atoms with van der Waals surface area (Å²) in [5, 5.41) is 30.7. The molecule has 0 saturated carbocycles. The summed E-state index contributed by atoms with van der Waals surface area (Å²) in [5.74, 6) is -7.72. The molecule has 0 aliphatic carbocycles. The number of para-hydroxylation sites is 1. The summed E-state index contributed by atoms with van der Waals surface area (Å²) < 4.78 is 68.3. The van der Waals surface area contributed by atoms with Crippen LogP contribution in [0.5, 0.6) is 5.75 Å². The molecule has 15 heteroatoms. The van der Waals surface area contributed by atoms with Crippen molar-refractivity contribution in [1.29, 1.82) is 5.26 Å². The molecule has 1 aliphatic heterocycles. The highest BCUT2D eigenvalue weighted by Crippen LogP contribution is 2.53. The standard InChI is InChI=1S/C29H24Cl2F2N2O4.C2HF3O2/c1-28(2,27(38)39-17-7-4-3-5-8-17)14-22-29(15-34,19-12-11-16(30)13-21(19)32)23(25(35-22)26(36)37)18-9-6-10-20(31)24(18)33;3-2(4,5)1(6)7/h3-13,22-23,25,35H,14H2,1-2H3,(H,36,37);(H,6,7)/t22-,23-,25+,29-;/m0./s1. The van der Waals surface area contributed by atoms with E-state index in [9.17, 15) is 33.1 Å². The Morgan fingerprint density at radius 1 is 1.00 bits per heavy atom. The van der Waals surface area contributed by atoms with Crippen molar-refractivity contribution in [1.82, 2.24) is 5.32 Å². The van der Waals surface area contributed by atoms with Crippen molar-refractivity contribution < 1.29 is 51.3 Å².